The van der Waals surface area contributed by atoms with Crippen molar-refractivity contribution in [1.82, 2.24) is 20.6 Å². The number of piperidine rings is 1. The smallest absolute Gasteiger partial charge is 0.319 e. The summed E-state index contributed by atoms with van der Waals surface area (Å²) in [5, 5.41) is 10.7. The minimum atomic E-state index is -1.14. The van der Waals surface area contributed by atoms with Crippen molar-refractivity contribution in [3.63, 3.8) is 0 Å². The van der Waals surface area contributed by atoms with E-state index in [-0.39, 0.29) is 6.54 Å². The molecule has 0 atom stereocenters. The summed E-state index contributed by atoms with van der Waals surface area (Å²) in [5.74, 6) is -3.90. The van der Waals surface area contributed by atoms with E-state index < -0.39 is 35.0 Å². The maximum atomic E-state index is 14.0. The van der Waals surface area contributed by atoms with Gasteiger partial charge in [0.15, 0.2) is 0 Å². The third-order valence-electron chi connectivity index (χ3n) is 5.72. The van der Waals surface area contributed by atoms with E-state index in [1.54, 1.807) is 24.3 Å². The molecule has 1 saturated heterocycles. The third-order valence-corrected chi connectivity index (χ3v) is 5.72. The van der Waals surface area contributed by atoms with Gasteiger partial charge in [-0.15, -0.1) is 0 Å². The van der Waals surface area contributed by atoms with Crippen LogP contribution in [0.5, 0.6) is 0 Å². The highest BCUT2D eigenvalue weighted by Gasteiger charge is 2.23. The molecule has 1 aliphatic rings. The first kappa shape index (κ1) is 26.0. The van der Waals surface area contributed by atoms with Crippen LogP contribution in [-0.2, 0) is 11.3 Å². The Kier molecular flexibility index (Phi) is 9.45. The highest BCUT2D eigenvalue weighted by molar-refractivity contribution is 6.04. The van der Waals surface area contributed by atoms with Crippen LogP contribution in [0, 0.1) is 11.6 Å². The van der Waals surface area contributed by atoms with Crippen molar-refractivity contribution >= 4 is 23.9 Å². The van der Waals surface area contributed by atoms with Crippen molar-refractivity contribution < 1.29 is 28.4 Å². The lowest BCUT2D eigenvalue weighted by Gasteiger charge is -2.30. The molecule has 3 N–H and O–H groups in total. The molecule has 10 heteroatoms. The molecule has 2 aromatic rings. The summed E-state index contributed by atoms with van der Waals surface area (Å²) in [5.41, 5.74) is 2.16. The number of amides is 4. The molecule has 3 rings (SSSR count). The second-order valence-corrected chi connectivity index (χ2v) is 8.23. The topological polar surface area (TPSA) is 102 Å². The monoisotopic (exact) mass is 486 g/mol. The van der Waals surface area contributed by atoms with Crippen molar-refractivity contribution in [3.05, 3.63) is 76.9 Å². The van der Waals surface area contributed by atoms with Gasteiger partial charge in [0.05, 0.1) is 0 Å². The van der Waals surface area contributed by atoms with Gasteiger partial charge in [-0.1, -0.05) is 36.8 Å². The van der Waals surface area contributed by atoms with Gasteiger partial charge in [-0.3, -0.25) is 20.1 Å². The van der Waals surface area contributed by atoms with Gasteiger partial charge in [-0.05, 0) is 55.3 Å². The molecule has 1 heterocycles. The molecule has 0 radical (unpaired) electrons. The van der Waals surface area contributed by atoms with Gasteiger partial charge in [0.2, 0.25) is 0 Å². The summed E-state index contributed by atoms with van der Waals surface area (Å²) < 4.78 is 28.0. The lowest BCUT2D eigenvalue weighted by Crippen LogP contribution is -2.46. The number of benzene rings is 2. The molecule has 0 aromatic heterocycles. The highest BCUT2D eigenvalue weighted by Crippen LogP contribution is 2.14. The predicted octanol–water partition coefficient (Wildman–Crippen LogP) is 3.32. The first-order chi connectivity index (χ1) is 16.9. The van der Waals surface area contributed by atoms with Gasteiger partial charge in [0.25, 0.3) is 11.8 Å². The second-order valence-electron chi connectivity index (χ2n) is 8.23. The summed E-state index contributed by atoms with van der Waals surface area (Å²) in [7, 11) is 0. The van der Waals surface area contributed by atoms with Crippen LogP contribution in [0.2, 0.25) is 0 Å². The van der Waals surface area contributed by atoms with Crippen LogP contribution in [0.4, 0.5) is 13.6 Å². The molecule has 8 nitrogen and oxygen atoms in total. The van der Waals surface area contributed by atoms with Gasteiger partial charge >= 0.3 is 6.03 Å². The second kappa shape index (κ2) is 12.7. The third kappa shape index (κ3) is 7.69. The van der Waals surface area contributed by atoms with E-state index in [1.807, 2.05) is 0 Å². The molecule has 0 bridgehead atoms. The van der Waals surface area contributed by atoms with Crippen LogP contribution in [0.25, 0.3) is 6.08 Å². The average Bonchev–Trinajstić information content (AvgIpc) is 2.86. The van der Waals surface area contributed by atoms with Crippen molar-refractivity contribution in [1.29, 1.82) is 0 Å². The SMILES string of the molecule is O=C(C=Cc1ccc(CN(CCN2CCCCC2)C(=O)NC(=O)c2c(F)cccc2F)cc1)NO. The zero-order valence-electron chi connectivity index (χ0n) is 19.2. The Morgan fingerprint density at radius 2 is 1.66 bits per heavy atom. The summed E-state index contributed by atoms with van der Waals surface area (Å²) in [4.78, 5) is 40.2. The number of hydrogen-bond donors (Lipinski definition) is 3. The molecule has 1 fully saturated rings. The number of carbonyl (C=O) groups excluding carboxylic acids is 3. The van der Waals surface area contributed by atoms with Gasteiger partial charge < -0.3 is 9.80 Å². The van der Waals surface area contributed by atoms with Gasteiger partial charge in [0, 0.05) is 25.7 Å². The number of rotatable bonds is 8. The van der Waals surface area contributed by atoms with Crippen LogP contribution in [0.3, 0.4) is 0 Å². The van der Waals surface area contributed by atoms with Gasteiger partial charge in [-0.2, -0.15) is 0 Å². The molecule has 4 amide bonds. The number of imide groups is 1. The van der Waals surface area contributed by atoms with Gasteiger partial charge in [0.1, 0.15) is 17.2 Å². The Bertz CT molecular complexity index is 1050. The number of hydrogen-bond acceptors (Lipinski definition) is 5. The van der Waals surface area contributed by atoms with E-state index in [0.717, 1.165) is 49.7 Å². The van der Waals surface area contributed by atoms with Crippen molar-refractivity contribution in [2.24, 2.45) is 0 Å². The Balaban J connectivity index is 1.71. The molecule has 0 saturated carbocycles. The molecule has 0 aliphatic carbocycles. The summed E-state index contributed by atoms with van der Waals surface area (Å²) >= 11 is 0. The van der Waals surface area contributed by atoms with E-state index in [1.165, 1.54) is 29.0 Å². The number of carbonyl (C=O) groups is 3. The largest absolute Gasteiger partial charge is 0.324 e. The van der Waals surface area contributed by atoms with Crippen molar-refractivity contribution in [2.75, 3.05) is 26.2 Å². The highest BCUT2D eigenvalue weighted by atomic mass is 19.1. The van der Waals surface area contributed by atoms with Crippen LogP contribution in [0.15, 0.2) is 48.5 Å². The lowest BCUT2D eigenvalue weighted by molar-refractivity contribution is -0.124. The molecule has 2 aromatic carbocycles. The average molecular weight is 487 g/mol. The Morgan fingerprint density at radius 3 is 2.29 bits per heavy atom. The lowest BCUT2D eigenvalue weighted by atomic mass is 10.1. The molecule has 0 unspecified atom stereocenters. The van der Waals surface area contributed by atoms with Gasteiger partial charge in [-0.25, -0.2) is 19.1 Å². The number of halogens is 2. The van der Waals surface area contributed by atoms with Crippen LogP contribution in [-0.4, -0.2) is 59.0 Å². The number of nitrogens with zero attached hydrogens (tertiary/aromatic N) is 2. The van der Waals surface area contributed by atoms with Crippen molar-refractivity contribution in [2.45, 2.75) is 25.8 Å². The minimum Gasteiger partial charge on any atom is -0.319 e. The van der Waals surface area contributed by atoms with Crippen LogP contribution >= 0.6 is 0 Å². The van der Waals surface area contributed by atoms with E-state index in [0.29, 0.717) is 18.7 Å². The van der Waals surface area contributed by atoms with E-state index in [2.05, 4.69) is 10.2 Å². The van der Waals surface area contributed by atoms with Crippen molar-refractivity contribution in [3.8, 4) is 0 Å². The minimum absolute atomic E-state index is 0.161. The van der Waals surface area contributed by atoms with E-state index in [4.69, 9.17) is 5.21 Å². The zero-order valence-corrected chi connectivity index (χ0v) is 19.2. The number of hydroxylamine groups is 1. The fourth-order valence-corrected chi connectivity index (χ4v) is 3.81. The standard InChI is InChI=1S/C25H28F2N4O4/c26-20-5-4-6-21(27)23(20)24(33)28-25(34)31(16-15-30-13-2-1-3-14-30)17-19-9-7-18(8-10-19)11-12-22(32)29-35/h4-12,35H,1-3,13-17H2,(H,29,32)(H,28,33,34). The normalized spacial score (nSPS) is 14.0. The zero-order chi connectivity index (χ0) is 25.2. The number of nitrogens with one attached hydrogen (secondary N) is 2. The maximum Gasteiger partial charge on any atom is 0.324 e. The van der Waals surface area contributed by atoms with Crippen LogP contribution in [0.1, 0.15) is 40.7 Å². The Morgan fingerprint density at radius 1 is 1.00 bits per heavy atom. The first-order valence-corrected chi connectivity index (χ1v) is 11.3. The molecular weight excluding hydrogens is 458 g/mol. The quantitative estimate of drug-likeness (QED) is 0.302. The fourth-order valence-electron chi connectivity index (χ4n) is 3.81. The fraction of sp³-hybridized carbons (Fsp3) is 0.320. The van der Waals surface area contributed by atoms with Crippen LogP contribution < -0.4 is 10.8 Å². The predicted molar refractivity (Wildman–Crippen MR) is 125 cm³/mol. The summed E-state index contributed by atoms with van der Waals surface area (Å²) in [6, 6.07) is 9.29. The van der Waals surface area contributed by atoms with E-state index in [9.17, 15) is 23.2 Å². The number of urea groups is 1. The molecule has 186 valence electrons. The maximum absolute atomic E-state index is 14.0. The number of likely N-dealkylation sites (tertiary alicyclic amines) is 1. The molecule has 0 spiro atoms. The summed E-state index contributed by atoms with van der Waals surface area (Å²) in [6.45, 7) is 2.94. The first-order valence-electron chi connectivity index (χ1n) is 11.3. The van der Waals surface area contributed by atoms with E-state index >= 15 is 0 Å². The Hall–Kier alpha value is -3.63. The molecule has 35 heavy (non-hydrogen) atoms. The summed E-state index contributed by atoms with van der Waals surface area (Å²) in [6.07, 6.45) is 6.02. The molecule has 1 aliphatic heterocycles. The Labute approximate surface area is 202 Å². The molecular formula is C25H28F2N4O4.